The fraction of sp³-hybridized carbons (Fsp3) is 0.650. The predicted octanol–water partition coefficient (Wildman–Crippen LogP) is 3.51. The number of carbonyl (C=O) groups excluding carboxylic acids is 2. The highest BCUT2D eigenvalue weighted by Crippen LogP contribution is 2.33. The molecule has 10 heteroatoms. The van der Waals surface area contributed by atoms with Gasteiger partial charge in [0.2, 0.25) is 5.88 Å². The molecular formula is C20H27F3N2O5. The van der Waals surface area contributed by atoms with Crippen molar-refractivity contribution in [1.29, 1.82) is 0 Å². The van der Waals surface area contributed by atoms with Crippen LogP contribution < -0.4 is 10.1 Å². The lowest BCUT2D eigenvalue weighted by molar-refractivity contribution is -0.148. The normalized spacial score (nSPS) is 17.3. The zero-order chi connectivity index (χ0) is 22.4. The molecule has 30 heavy (non-hydrogen) atoms. The van der Waals surface area contributed by atoms with Crippen molar-refractivity contribution < 1.29 is 37.0 Å². The molecule has 7 nitrogen and oxygen atoms in total. The summed E-state index contributed by atoms with van der Waals surface area (Å²) in [7, 11) is 1.15. The van der Waals surface area contributed by atoms with Crippen LogP contribution in [0.4, 0.5) is 13.2 Å². The van der Waals surface area contributed by atoms with Crippen molar-refractivity contribution in [3.63, 3.8) is 0 Å². The van der Waals surface area contributed by atoms with E-state index in [2.05, 4.69) is 10.3 Å². The quantitative estimate of drug-likeness (QED) is 0.633. The first-order valence-electron chi connectivity index (χ1n) is 9.90. The molecule has 0 aliphatic carbocycles. The van der Waals surface area contributed by atoms with Crippen LogP contribution in [0.5, 0.6) is 5.88 Å². The number of methoxy groups -OCH3 is 1. The number of amides is 1. The number of nitrogens with zero attached hydrogens (tertiary/aromatic N) is 1. The summed E-state index contributed by atoms with van der Waals surface area (Å²) in [4.78, 5) is 28.7. The smallest absolute Gasteiger partial charge is 0.418 e. The summed E-state index contributed by atoms with van der Waals surface area (Å²) in [5, 5.41) is 2.39. The average Bonchev–Trinajstić information content (AvgIpc) is 2.75. The second-order valence-electron chi connectivity index (χ2n) is 7.08. The molecule has 1 saturated heterocycles. The first-order valence-corrected chi connectivity index (χ1v) is 9.90. The van der Waals surface area contributed by atoms with E-state index >= 15 is 0 Å². The van der Waals surface area contributed by atoms with Gasteiger partial charge in [0, 0.05) is 12.7 Å². The zero-order valence-corrected chi connectivity index (χ0v) is 17.3. The first-order chi connectivity index (χ1) is 14.2. The molecule has 1 fully saturated rings. The molecule has 1 aliphatic rings. The maximum absolute atomic E-state index is 13.5. The van der Waals surface area contributed by atoms with E-state index in [1.54, 1.807) is 13.8 Å². The van der Waals surface area contributed by atoms with Crippen molar-refractivity contribution in [2.24, 2.45) is 0 Å². The van der Waals surface area contributed by atoms with E-state index in [-0.39, 0.29) is 31.4 Å². The fourth-order valence-electron chi connectivity index (χ4n) is 3.28. The molecular weight excluding hydrogens is 405 g/mol. The van der Waals surface area contributed by atoms with Crippen LogP contribution in [0.15, 0.2) is 12.1 Å². The SMILES string of the molecule is CCC(CC)(NC(=O)c1nc(OCC2CCCCO2)ccc1C(F)(F)F)C(=O)OC. The molecule has 2 rings (SSSR count). The Morgan fingerprint density at radius 1 is 1.23 bits per heavy atom. The number of esters is 1. The molecule has 1 unspecified atom stereocenters. The Bertz CT molecular complexity index is 744. The zero-order valence-electron chi connectivity index (χ0n) is 17.3. The van der Waals surface area contributed by atoms with Crippen LogP contribution in [0.1, 0.15) is 62.0 Å². The van der Waals surface area contributed by atoms with Crippen LogP contribution in [0.25, 0.3) is 0 Å². The Balaban J connectivity index is 2.29. The lowest BCUT2D eigenvalue weighted by atomic mass is 9.92. The predicted molar refractivity (Wildman–Crippen MR) is 101 cm³/mol. The standard InChI is InChI=1S/C20H27F3N2O5/c1-4-19(5-2,18(27)28-3)25-17(26)16-14(20(21,22)23)9-10-15(24-16)30-12-13-8-6-7-11-29-13/h9-10,13H,4-8,11-12H2,1-3H3,(H,25,26). The first kappa shape index (κ1) is 23.9. The highest BCUT2D eigenvalue weighted by Gasteiger charge is 2.41. The third kappa shape index (κ3) is 5.62. The number of aromatic nitrogens is 1. The molecule has 1 aliphatic heterocycles. The van der Waals surface area contributed by atoms with Crippen LogP contribution in [0.2, 0.25) is 0 Å². The third-order valence-electron chi connectivity index (χ3n) is 5.22. The molecule has 1 N–H and O–H groups in total. The number of halogens is 3. The van der Waals surface area contributed by atoms with E-state index in [1.807, 2.05) is 0 Å². The number of alkyl halides is 3. The van der Waals surface area contributed by atoms with Crippen LogP contribution in [-0.2, 0) is 20.4 Å². The number of hydrogen-bond acceptors (Lipinski definition) is 6. The van der Waals surface area contributed by atoms with Gasteiger partial charge in [0.15, 0.2) is 0 Å². The largest absolute Gasteiger partial charge is 0.475 e. The fourth-order valence-corrected chi connectivity index (χ4v) is 3.28. The molecule has 1 aromatic rings. The molecule has 0 bridgehead atoms. The number of pyridine rings is 1. The minimum absolute atomic E-state index is 0.120. The summed E-state index contributed by atoms with van der Waals surface area (Å²) >= 11 is 0. The number of carbonyl (C=O) groups is 2. The van der Waals surface area contributed by atoms with Crippen molar-refractivity contribution in [2.75, 3.05) is 20.3 Å². The van der Waals surface area contributed by atoms with Gasteiger partial charge >= 0.3 is 12.1 Å². The Hall–Kier alpha value is -2.36. The van der Waals surface area contributed by atoms with E-state index in [9.17, 15) is 22.8 Å². The van der Waals surface area contributed by atoms with E-state index in [0.29, 0.717) is 6.61 Å². The summed E-state index contributed by atoms with van der Waals surface area (Å²) < 4.78 is 56.1. The molecule has 0 saturated carbocycles. The van der Waals surface area contributed by atoms with Crippen LogP contribution in [0.3, 0.4) is 0 Å². The van der Waals surface area contributed by atoms with Gasteiger partial charge in [0.1, 0.15) is 17.8 Å². The lowest BCUT2D eigenvalue weighted by Gasteiger charge is -2.30. The van der Waals surface area contributed by atoms with Gasteiger partial charge in [-0.05, 0) is 38.2 Å². The maximum atomic E-state index is 13.5. The van der Waals surface area contributed by atoms with Crippen molar-refractivity contribution in [1.82, 2.24) is 10.3 Å². The monoisotopic (exact) mass is 432 g/mol. The minimum atomic E-state index is -4.81. The maximum Gasteiger partial charge on any atom is 0.418 e. The Kier molecular flexibility index (Phi) is 8.05. The summed E-state index contributed by atoms with van der Waals surface area (Å²) in [6.45, 7) is 3.98. The Morgan fingerprint density at radius 2 is 1.93 bits per heavy atom. The molecule has 1 aromatic heterocycles. The highest BCUT2D eigenvalue weighted by atomic mass is 19.4. The van der Waals surface area contributed by atoms with Gasteiger partial charge in [-0.3, -0.25) is 4.79 Å². The molecule has 0 aromatic carbocycles. The van der Waals surface area contributed by atoms with E-state index in [1.165, 1.54) is 0 Å². The summed E-state index contributed by atoms with van der Waals surface area (Å²) in [5.41, 5.74) is -3.53. The van der Waals surface area contributed by atoms with Crippen molar-refractivity contribution in [3.05, 3.63) is 23.4 Å². The van der Waals surface area contributed by atoms with Gasteiger partial charge in [-0.25, -0.2) is 9.78 Å². The average molecular weight is 432 g/mol. The molecule has 2 heterocycles. The van der Waals surface area contributed by atoms with Crippen molar-refractivity contribution in [3.8, 4) is 5.88 Å². The Labute approximate surface area is 173 Å². The molecule has 0 spiro atoms. The van der Waals surface area contributed by atoms with Gasteiger partial charge in [0.25, 0.3) is 5.91 Å². The topological polar surface area (TPSA) is 86.8 Å². The van der Waals surface area contributed by atoms with Crippen molar-refractivity contribution >= 4 is 11.9 Å². The summed E-state index contributed by atoms with van der Waals surface area (Å²) in [6.07, 6.45) is -1.99. The van der Waals surface area contributed by atoms with Crippen LogP contribution in [0, 0.1) is 0 Å². The van der Waals surface area contributed by atoms with Gasteiger partial charge in [0.05, 0.1) is 18.8 Å². The number of nitrogens with one attached hydrogen (secondary N) is 1. The van der Waals surface area contributed by atoms with Crippen LogP contribution >= 0.6 is 0 Å². The minimum Gasteiger partial charge on any atom is -0.475 e. The molecule has 1 atom stereocenters. The molecule has 1 amide bonds. The van der Waals surface area contributed by atoms with E-state index < -0.39 is 34.8 Å². The second-order valence-corrected chi connectivity index (χ2v) is 7.08. The van der Waals surface area contributed by atoms with Crippen molar-refractivity contribution in [2.45, 2.75) is 63.8 Å². The highest BCUT2D eigenvalue weighted by molar-refractivity contribution is 5.98. The van der Waals surface area contributed by atoms with Gasteiger partial charge in [-0.1, -0.05) is 13.8 Å². The Morgan fingerprint density at radius 3 is 2.47 bits per heavy atom. The van der Waals surface area contributed by atoms with Crippen LogP contribution in [-0.4, -0.2) is 48.8 Å². The number of ether oxygens (including phenoxy) is 3. The molecule has 168 valence electrons. The second kappa shape index (κ2) is 10.1. The number of rotatable bonds is 8. The third-order valence-corrected chi connectivity index (χ3v) is 5.22. The lowest BCUT2D eigenvalue weighted by Crippen LogP contribution is -2.54. The van der Waals surface area contributed by atoms with E-state index in [4.69, 9.17) is 14.2 Å². The van der Waals surface area contributed by atoms with Gasteiger partial charge in [-0.2, -0.15) is 13.2 Å². The van der Waals surface area contributed by atoms with E-state index in [0.717, 1.165) is 38.5 Å². The molecule has 0 radical (unpaired) electrons. The van der Waals surface area contributed by atoms with Gasteiger partial charge < -0.3 is 19.5 Å². The number of hydrogen-bond donors (Lipinski definition) is 1. The summed E-state index contributed by atoms with van der Waals surface area (Å²) in [5.74, 6) is -1.99. The van der Waals surface area contributed by atoms with Gasteiger partial charge in [-0.15, -0.1) is 0 Å². The summed E-state index contributed by atoms with van der Waals surface area (Å²) in [6, 6.07) is 1.81.